The van der Waals surface area contributed by atoms with Gasteiger partial charge in [-0.05, 0) is 24.1 Å². The van der Waals surface area contributed by atoms with Crippen LogP contribution in [-0.4, -0.2) is 19.6 Å². The number of halogens is 1. The van der Waals surface area contributed by atoms with E-state index in [9.17, 15) is 4.79 Å². The van der Waals surface area contributed by atoms with E-state index in [0.717, 1.165) is 5.56 Å². The van der Waals surface area contributed by atoms with E-state index in [-0.39, 0.29) is 12.5 Å². The van der Waals surface area contributed by atoms with Gasteiger partial charge in [0, 0.05) is 5.02 Å². The molecule has 1 unspecified atom stereocenters. The maximum Gasteiger partial charge on any atom is 0.330 e. The standard InChI is InChI=1S/C14H16ClNO2/c1-4-9-16-14(5-2,13(17)18-3)11-7-6-8-12(15)10-11/h1,6-8,10,16H,5,9H2,2-3H3. The molecular weight excluding hydrogens is 250 g/mol. The lowest BCUT2D eigenvalue weighted by Gasteiger charge is -2.31. The Bertz CT molecular complexity index is 467. The minimum absolute atomic E-state index is 0.273. The molecule has 0 aromatic heterocycles. The van der Waals surface area contributed by atoms with Gasteiger partial charge in [0.05, 0.1) is 13.7 Å². The summed E-state index contributed by atoms with van der Waals surface area (Å²) in [6, 6.07) is 7.12. The van der Waals surface area contributed by atoms with E-state index in [1.165, 1.54) is 7.11 Å². The summed E-state index contributed by atoms with van der Waals surface area (Å²) < 4.78 is 4.88. The minimum atomic E-state index is -0.952. The molecule has 0 fully saturated rings. The van der Waals surface area contributed by atoms with Gasteiger partial charge in [-0.25, -0.2) is 4.79 Å². The van der Waals surface area contributed by atoms with Gasteiger partial charge in [0.15, 0.2) is 0 Å². The van der Waals surface area contributed by atoms with Crippen molar-refractivity contribution in [3.63, 3.8) is 0 Å². The Morgan fingerprint density at radius 1 is 1.61 bits per heavy atom. The van der Waals surface area contributed by atoms with Crippen molar-refractivity contribution < 1.29 is 9.53 Å². The summed E-state index contributed by atoms with van der Waals surface area (Å²) in [7, 11) is 1.36. The van der Waals surface area contributed by atoms with Gasteiger partial charge < -0.3 is 4.74 Å². The maximum atomic E-state index is 12.1. The Morgan fingerprint density at radius 2 is 2.33 bits per heavy atom. The molecule has 0 aliphatic heterocycles. The number of methoxy groups -OCH3 is 1. The molecule has 0 saturated carbocycles. The van der Waals surface area contributed by atoms with Crippen molar-refractivity contribution in [3.05, 3.63) is 34.9 Å². The monoisotopic (exact) mass is 265 g/mol. The Hall–Kier alpha value is -1.50. The van der Waals surface area contributed by atoms with Crippen LogP contribution in [-0.2, 0) is 15.1 Å². The molecule has 1 rings (SSSR count). The van der Waals surface area contributed by atoms with E-state index >= 15 is 0 Å². The van der Waals surface area contributed by atoms with Gasteiger partial charge in [0.1, 0.15) is 5.54 Å². The fourth-order valence-electron chi connectivity index (χ4n) is 1.90. The van der Waals surface area contributed by atoms with Crippen LogP contribution in [0.4, 0.5) is 0 Å². The molecule has 0 bridgehead atoms. The predicted molar refractivity (Wildman–Crippen MR) is 72.3 cm³/mol. The molecule has 0 spiro atoms. The van der Waals surface area contributed by atoms with Crippen molar-refractivity contribution in [3.8, 4) is 12.3 Å². The second-order valence-electron chi connectivity index (χ2n) is 3.82. The van der Waals surface area contributed by atoms with Crippen molar-refractivity contribution in [2.45, 2.75) is 18.9 Å². The smallest absolute Gasteiger partial charge is 0.330 e. The Kier molecular flexibility index (Phi) is 5.21. The summed E-state index contributed by atoms with van der Waals surface area (Å²) in [6.45, 7) is 2.16. The van der Waals surface area contributed by atoms with Crippen LogP contribution in [0.15, 0.2) is 24.3 Å². The first kappa shape index (κ1) is 14.6. The third kappa shape index (κ3) is 2.84. The molecule has 1 atom stereocenters. The largest absolute Gasteiger partial charge is 0.467 e. The normalized spacial score (nSPS) is 13.4. The predicted octanol–water partition coefficient (Wildman–Crippen LogP) is 2.34. The number of hydrogen-bond donors (Lipinski definition) is 1. The second-order valence-corrected chi connectivity index (χ2v) is 4.25. The van der Waals surface area contributed by atoms with Crippen molar-refractivity contribution in [2.75, 3.05) is 13.7 Å². The van der Waals surface area contributed by atoms with Crippen LogP contribution in [0.5, 0.6) is 0 Å². The minimum Gasteiger partial charge on any atom is -0.467 e. The van der Waals surface area contributed by atoms with E-state index < -0.39 is 5.54 Å². The highest BCUT2D eigenvalue weighted by Gasteiger charge is 2.39. The van der Waals surface area contributed by atoms with Gasteiger partial charge in [-0.3, -0.25) is 5.32 Å². The highest BCUT2D eigenvalue weighted by molar-refractivity contribution is 6.30. The Balaban J connectivity index is 3.25. The van der Waals surface area contributed by atoms with Gasteiger partial charge in [-0.2, -0.15) is 0 Å². The van der Waals surface area contributed by atoms with Crippen molar-refractivity contribution in [1.29, 1.82) is 0 Å². The van der Waals surface area contributed by atoms with E-state index in [1.54, 1.807) is 18.2 Å². The molecule has 96 valence electrons. The molecule has 1 aromatic rings. The summed E-state index contributed by atoms with van der Waals surface area (Å²) in [4.78, 5) is 12.1. The molecule has 1 aromatic carbocycles. The summed E-state index contributed by atoms with van der Waals surface area (Å²) in [5, 5.41) is 3.62. The average molecular weight is 266 g/mol. The molecule has 0 heterocycles. The zero-order chi connectivity index (χ0) is 13.6. The van der Waals surface area contributed by atoms with Crippen LogP contribution in [0, 0.1) is 12.3 Å². The molecule has 3 nitrogen and oxygen atoms in total. The first-order chi connectivity index (χ1) is 8.60. The second kappa shape index (κ2) is 6.44. The van der Waals surface area contributed by atoms with E-state index in [4.69, 9.17) is 22.8 Å². The average Bonchev–Trinajstić information content (AvgIpc) is 2.39. The summed E-state index contributed by atoms with van der Waals surface area (Å²) >= 11 is 5.97. The number of nitrogens with one attached hydrogen (secondary N) is 1. The number of carbonyl (C=O) groups excluding carboxylic acids is 1. The molecule has 0 aliphatic rings. The van der Waals surface area contributed by atoms with E-state index in [1.807, 2.05) is 13.0 Å². The highest BCUT2D eigenvalue weighted by atomic mass is 35.5. The third-order valence-electron chi connectivity index (χ3n) is 2.87. The van der Waals surface area contributed by atoms with Gasteiger partial charge in [0.2, 0.25) is 0 Å². The van der Waals surface area contributed by atoms with Gasteiger partial charge in [0.25, 0.3) is 0 Å². The zero-order valence-electron chi connectivity index (χ0n) is 10.5. The highest BCUT2D eigenvalue weighted by Crippen LogP contribution is 2.28. The fourth-order valence-corrected chi connectivity index (χ4v) is 2.09. The summed E-state index contributed by atoms with van der Waals surface area (Å²) in [6.07, 6.45) is 5.76. The molecule has 0 radical (unpaired) electrons. The van der Waals surface area contributed by atoms with Gasteiger partial charge in [-0.15, -0.1) is 6.42 Å². The third-order valence-corrected chi connectivity index (χ3v) is 3.11. The van der Waals surface area contributed by atoms with Crippen molar-refractivity contribution in [2.24, 2.45) is 0 Å². The topological polar surface area (TPSA) is 38.3 Å². The number of rotatable bonds is 5. The number of carbonyl (C=O) groups is 1. The molecule has 0 amide bonds. The molecule has 0 saturated heterocycles. The number of esters is 1. The summed E-state index contributed by atoms with van der Waals surface area (Å²) in [5.74, 6) is 2.10. The van der Waals surface area contributed by atoms with Crippen LogP contribution in [0.3, 0.4) is 0 Å². The molecular formula is C14H16ClNO2. The van der Waals surface area contributed by atoms with Crippen LogP contribution >= 0.6 is 11.6 Å². The van der Waals surface area contributed by atoms with E-state index in [2.05, 4.69) is 11.2 Å². The lowest BCUT2D eigenvalue weighted by molar-refractivity contribution is -0.149. The lowest BCUT2D eigenvalue weighted by Crippen LogP contribution is -2.49. The molecule has 4 heteroatoms. The van der Waals surface area contributed by atoms with Crippen molar-refractivity contribution in [1.82, 2.24) is 5.32 Å². The van der Waals surface area contributed by atoms with Crippen LogP contribution in [0.1, 0.15) is 18.9 Å². The Labute approximate surface area is 112 Å². The number of terminal acetylenes is 1. The van der Waals surface area contributed by atoms with Crippen LogP contribution in [0.25, 0.3) is 0 Å². The molecule has 0 aliphatic carbocycles. The summed E-state index contributed by atoms with van der Waals surface area (Å²) in [5.41, 5.74) is -0.203. The number of ether oxygens (including phenoxy) is 1. The van der Waals surface area contributed by atoms with Crippen molar-refractivity contribution >= 4 is 17.6 Å². The molecule has 18 heavy (non-hydrogen) atoms. The molecule has 1 N–H and O–H groups in total. The quantitative estimate of drug-likeness (QED) is 0.656. The first-order valence-electron chi connectivity index (χ1n) is 5.63. The zero-order valence-corrected chi connectivity index (χ0v) is 11.3. The van der Waals surface area contributed by atoms with Gasteiger partial charge in [-0.1, -0.05) is 36.6 Å². The van der Waals surface area contributed by atoms with Crippen LogP contribution < -0.4 is 5.32 Å². The maximum absolute atomic E-state index is 12.1. The number of benzene rings is 1. The SMILES string of the molecule is C#CCNC(CC)(C(=O)OC)c1cccc(Cl)c1. The number of hydrogen-bond acceptors (Lipinski definition) is 3. The fraction of sp³-hybridized carbons (Fsp3) is 0.357. The van der Waals surface area contributed by atoms with E-state index in [0.29, 0.717) is 11.4 Å². The van der Waals surface area contributed by atoms with Gasteiger partial charge >= 0.3 is 5.97 Å². The Morgan fingerprint density at radius 3 is 2.83 bits per heavy atom. The van der Waals surface area contributed by atoms with Crippen LogP contribution in [0.2, 0.25) is 5.02 Å². The lowest BCUT2D eigenvalue weighted by atomic mass is 9.87. The first-order valence-corrected chi connectivity index (χ1v) is 6.01.